The number of carboxylic acids is 1. The molecule has 0 saturated heterocycles. The molecule has 0 fully saturated rings. The fourth-order valence-corrected chi connectivity index (χ4v) is 2.10. The van der Waals surface area contributed by atoms with Crippen LogP contribution in [0.4, 0.5) is 5.69 Å². The van der Waals surface area contributed by atoms with Crippen LogP contribution >= 0.6 is 0 Å². The molecule has 106 valence electrons. The SMILES string of the molecule is CCC(=CCN1C(=O)CCOc2ccccc21)C(=O)O. The van der Waals surface area contributed by atoms with E-state index in [0.29, 0.717) is 30.0 Å². The van der Waals surface area contributed by atoms with Gasteiger partial charge in [0.1, 0.15) is 5.75 Å². The molecular formula is C15H17NO4. The van der Waals surface area contributed by atoms with Crippen LogP contribution in [0.5, 0.6) is 5.75 Å². The number of carbonyl (C=O) groups excluding carboxylic acids is 1. The molecule has 0 atom stereocenters. The smallest absolute Gasteiger partial charge is 0.331 e. The zero-order valence-electron chi connectivity index (χ0n) is 11.3. The summed E-state index contributed by atoms with van der Waals surface area (Å²) in [5.41, 5.74) is 0.993. The minimum atomic E-state index is -0.945. The molecule has 20 heavy (non-hydrogen) atoms. The van der Waals surface area contributed by atoms with E-state index in [4.69, 9.17) is 9.84 Å². The van der Waals surface area contributed by atoms with Crippen molar-refractivity contribution >= 4 is 17.6 Å². The van der Waals surface area contributed by atoms with Gasteiger partial charge in [-0.2, -0.15) is 0 Å². The van der Waals surface area contributed by atoms with E-state index in [1.807, 2.05) is 18.2 Å². The number of aliphatic carboxylic acids is 1. The van der Waals surface area contributed by atoms with Crippen LogP contribution in [0.2, 0.25) is 0 Å². The lowest BCUT2D eigenvalue weighted by Gasteiger charge is -2.20. The summed E-state index contributed by atoms with van der Waals surface area (Å²) >= 11 is 0. The molecule has 0 aliphatic carbocycles. The number of benzene rings is 1. The van der Waals surface area contributed by atoms with Gasteiger partial charge in [0.05, 0.1) is 18.7 Å². The Bertz CT molecular complexity index is 551. The van der Waals surface area contributed by atoms with Gasteiger partial charge in [-0.05, 0) is 18.6 Å². The Morgan fingerprint density at radius 2 is 2.20 bits per heavy atom. The third-order valence-corrected chi connectivity index (χ3v) is 3.21. The molecule has 0 bridgehead atoms. The summed E-state index contributed by atoms with van der Waals surface area (Å²) in [6, 6.07) is 7.29. The summed E-state index contributed by atoms with van der Waals surface area (Å²) in [6.07, 6.45) is 2.30. The van der Waals surface area contributed by atoms with Crippen LogP contribution < -0.4 is 9.64 Å². The first kappa shape index (κ1) is 14.1. The second-order valence-corrected chi connectivity index (χ2v) is 4.46. The summed E-state index contributed by atoms with van der Waals surface area (Å²) < 4.78 is 5.53. The van der Waals surface area contributed by atoms with E-state index < -0.39 is 5.97 Å². The van der Waals surface area contributed by atoms with Gasteiger partial charge >= 0.3 is 5.97 Å². The standard InChI is InChI=1S/C15H17NO4/c1-2-11(15(18)19)7-9-16-12-5-3-4-6-13(12)20-10-8-14(16)17/h3-7H,2,8-10H2,1H3,(H,18,19). The summed E-state index contributed by atoms with van der Waals surface area (Å²) in [7, 11) is 0. The van der Waals surface area contributed by atoms with Crippen molar-refractivity contribution in [2.45, 2.75) is 19.8 Å². The Kier molecular flexibility index (Phi) is 4.40. The normalized spacial score (nSPS) is 15.3. The van der Waals surface area contributed by atoms with E-state index in [-0.39, 0.29) is 18.9 Å². The maximum absolute atomic E-state index is 12.1. The number of anilines is 1. The molecule has 0 aromatic heterocycles. The molecule has 1 heterocycles. The number of para-hydroxylation sites is 2. The van der Waals surface area contributed by atoms with Crippen molar-refractivity contribution in [3.63, 3.8) is 0 Å². The number of carboxylic acid groups (broad SMARTS) is 1. The highest BCUT2D eigenvalue weighted by molar-refractivity contribution is 5.96. The Morgan fingerprint density at radius 3 is 2.90 bits per heavy atom. The van der Waals surface area contributed by atoms with E-state index in [1.54, 1.807) is 24.0 Å². The quantitative estimate of drug-likeness (QED) is 0.856. The molecular weight excluding hydrogens is 258 g/mol. The first-order valence-electron chi connectivity index (χ1n) is 6.58. The third-order valence-electron chi connectivity index (χ3n) is 3.21. The molecule has 1 amide bonds. The zero-order valence-corrected chi connectivity index (χ0v) is 11.3. The van der Waals surface area contributed by atoms with E-state index in [2.05, 4.69) is 0 Å². The first-order chi connectivity index (χ1) is 9.63. The van der Waals surface area contributed by atoms with Crippen molar-refractivity contribution in [3.05, 3.63) is 35.9 Å². The predicted molar refractivity (Wildman–Crippen MR) is 74.9 cm³/mol. The lowest BCUT2D eigenvalue weighted by atomic mass is 10.2. The third kappa shape index (κ3) is 2.99. The second-order valence-electron chi connectivity index (χ2n) is 4.46. The van der Waals surface area contributed by atoms with Crippen LogP contribution in [0.15, 0.2) is 35.9 Å². The number of hydrogen-bond acceptors (Lipinski definition) is 3. The Hall–Kier alpha value is -2.30. The molecule has 0 saturated carbocycles. The van der Waals surface area contributed by atoms with Gasteiger partial charge < -0.3 is 14.7 Å². The van der Waals surface area contributed by atoms with Crippen LogP contribution in [-0.4, -0.2) is 30.1 Å². The van der Waals surface area contributed by atoms with E-state index in [9.17, 15) is 9.59 Å². The number of rotatable bonds is 4. The van der Waals surface area contributed by atoms with Crippen molar-refractivity contribution in [2.24, 2.45) is 0 Å². The molecule has 1 N–H and O–H groups in total. The lowest BCUT2D eigenvalue weighted by molar-refractivity contribution is -0.132. The first-order valence-corrected chi connectivity index (χ1v) is 6.58. The average molecular weight is 275 g/mol. The molecule has 2 rings (SSSR count). The van der Waals surface area contributed by atoms with Crippen LogP contribution in [-0.2, 0) is 9.59 Å². The topological polar surface area (TPSA) is 66.8 Å². The van der Waals surface area contributed by atoms with Gasteiger partial charge in [0.25, 0.3) is 0 Å². The largest absolute Gasteiger partial charge is 0.491 e. The summed E-state index contributed by atoms with van der Waals surface area (Å²) in [4.78, 5) is 24.7. The summed E-state index contributed by atoms with van der Waals surface area (Å²) in [6.45, 7) is 2.37. The van der Waals surface area contributed by atoms with E-state index in [1.165, 1.54) is 0 Å². The van der Waals surface area contributed by atoms with Crippen molar-refractivity contribution in [1.29, 1.82) is 0 Å². The highest BCUT2D eigenvalue weighted by Gasteiger charge is 2.22. The van der Waals surface area contributed by atoms with E-state index in [0.717, 1.165) is 0 Å². The van der Waals surface area contributed by atoms with Gasteiger partial charge in [-0.15, -0.1) is 0 Å². The fourth-order valence-electron chi connectivity index (χ4n) is 2.10. The van der Waals surface area contributed by atoms with Gasteiger partial charge in [0.2, 0.25) is 5.91 Å². The summed E-state index contributed by atoms with van der Waals surface area (Å²) in [5, 5.41) is 9.02. The van der Waals surface area contributed by atoms with Crippen LogP contribution in [0.1, 0.15) is 19.8 Å². The van der Waals surface area contributed by atoms with Gasteiger partial charge in [-0.3, -0.25) is 4.79 Å². The van der Waals surface area contributed by atoms with Gasteiger partial charge in [0.15, 0.2) is 0 Å². The van der Waals surface area contributed by atoms with Crippen molar-refractivity contribution in [3.8, 4) is 5.75 Å². The lowest BCUT2D eigenvalue weighted by Crippen LogP contribution is -2.30. The molecule has 0 radical (unpaired) electrons. The van der Waals surface area contributed by atoms with Crippen LogP contribution in [0.25, 0.3) is 0 Å². The van der Waals surface area contributed by atoms with Gasteiger partial charge in [0, 0.05) is 12.1 Å². The molecule has 5 nitrogen and oxygen atoms in total. The maximum atomic E-state index is 12.1. The van der Waals surface area contributed by atoms with Crippen LogP contribution in [0.3, 0.4) is 0 Å². The molecule has 5 heteroatoms. The van der Waals surface area contributed by atoms with Crippen molar-refractivity contribution in [1.82, 2.24) is 0 Å². The number of nitrogens with zero attached hydrogens (tertiary/aromatic N) is 1. The monoisotopic (exact) mass is 275 g/mol. The van der Waals surface area contributed by atoms with Crippen molar-refractivity contribution in [2.75, 3.05) is 18.1 Å². The molecule has 0 unspecified atom stereocenters. The van der Waals surface area contributed by atoms with Crippen molar-refractivity contribution < 1.29 is 19.4 Å². The number of amides is 1. The Balaban J connectivity index is 2.29. The molecule has 1 aliphatic heterocycles. The molecule has 1 aromatic carbocycles. The number of fused-ring (bicyclic) bond motifs is 1. The van der Waals surface area contributed by atoms with Gasteiger partial charge in [-0.1, -0.05) is 25.1 Å². The zero-order chi connectivity index (χ0) is 14.5. The Morgan fingerprint density at radius 1 is 1.45 bits per heavy atom. The number of carbonyl (C=O) groups is 2. The van der Waals surface area contributed by atoms with E-state index >= 15 is 0 Å². The summed E-state index contributed by atoms with van der Waals surface area (Å²) in [5.74, 6) is -0.355. The highest BCUT2D eigenvalue weighted by Crippen LogP contribution is 2.30. The average Bonchev–Trinajstić information content (AvgIpc) is 2.59. The Labute approximate surface area is 117 Å². The second kappa shape index (κ2) is 6.23. The maximum Gasteiger partial charge on any atom is 0.331 e. The molecule has 1 aliphatic rings. The predicted octanol–water partition coefficient (Wildman–Crippen LogP) is 2.22. The molecule has 0 spiro atoms. The number of ether oxygens (including phenoxy) is 1. The fraction of sp³-hybridized carbons (Fsp3) is 0.333. The van der Waals surface area contributed by atoms with Gasteiger partial charge in [-0.25, -0.2) is 4.79 Å². The molecule has 1 aromatic rings. The minimum Gasteiger partial charge on any atom is -0.491 e. The number of hydrogen-bond donors (Lipinski definition) is 1. The minimum absolute atomic E-state index is 0.0629. The highest BCUT2D eigenvalue weighted by atomic mass is 16.5. The van der Waals surface area contributed by atoms with Crippen LogP contribution in [0, 0.1) is 0 Å².